The Kier molecular flexibility index (Phi) is 3.32. The molecule has 0 unspecified atom stereocenters. The van der Waals surface area contributed by atoms with Gasteiger partial charge in [-0.1, -0.05) is 47.0 Å². The van der Waals surface area contributed by atoms with Gasteiger partial charge in [0.05, 0.1) is 10.0 Å². The minimum atomic E-state index is 0.00480. The maximum absolute atomic E-state index is 9.47. The van der Waals surface area contributed by atoms with E-state index in [9.17, 15) is 5.11 Å². The van der Waals surface area contributed by atoms with Gasteiger partial charge in [0, 0.05) is 11.6 Å². The quantitative estimate of drug-likeness (QED) is 0.772. The standard InChI is InChI=1S/C14H12Cl2O/c1-8-3-4-10(9(2)5-8)11-6-13(16)14(17)7-12(11)15/h3-7,17H,1-2H3. The largest absolute Gasteiger partial charge is 0.506 e. The van der Waals surface area contributed by atoms with Crippen LogP contribution in [-0.4, -0.2) is 5.11 Å². The molecule has 0 aromatic heterocycles. The van der Waals surface area contributed by atoms with Crippen molar-refractivity contribution in [3.05, 3.63) is 51.5 Å². The summed E-state index contributed by atoms with van der Waals surface area (Å²) in [5.74, 6) is 0.00480. The Balaban J connectivity index is 2.64. The van der Waals surface area contributed by atoms with Crippen molar-refractivity contribution in [1.82, 2.24) is 0 Å². The van der Waals surface area contributed by atoms with Gasteiger partial charge in [-0.3, -0.25) is 0 Å². The third-order valence-corrected chi connectivity index (χ3v) is 3.32. The smallest absolute Gasteiger partial charge is 0.135 e. The van der Waals surface area contributed by atoms with Crippen molar-refractivity contribution in [1.29, 1.82) is 0 Å². The summed E-state index contributed by atoms with van der Waals surface area (Å²) in [6, 6.07) is 9.29. The number of halogens is 2. The van der Waals surface area contributed by atoms with Crippen LogP contribution in [0.2, 0.25) is 10.0 Å². The van der Waals surface area contributed by atoms with E-state index in [0.717, 1.165) is 16.7 Å². The molecule has 2 aromatic carbocycles. The summed E-state index contributed by atoms with van der Waals surface area (Å²) in [6.45, 7) is 4.07. The molecule has 0 spiro atoms. The first kappa shape index (κ1) is 12.3. The normalized spacial score (nSPS) is 10.6. The molecular weight excluding hydrogens is 255 g/mol. The predicted octanol–water partition coefficient (Wildman–Crippen LogP) is 4.98. The van der Waals surface area contributed by atoms with Crippen molar-refractivity contribution in [3.8, 4) is 16.9 Å². The number of hydrogen-bond donors (Lipinski definition) is 1. The Morgan fingerprint density at radius 1 is 0.882 bits per heavy atom. The molecule has 1 N–H and O–H groups in total. The van der Waals surface area contributed by atoms with E-state index in [2.05, 4.69) is 6.07 Å². The van der Waals surface area contributed by atoms with Crippen LogP contribution < -0.4 is 0 Å². The van der Waals surface area contributed by atoms with Gasteiger partial charge in [-0.2, -0.15) is 0 Å². The molecular formula is C14H12Cl2O. The van der Waals surface area contributed by atoms with Gasteiger partial charge in [0.2, 0.25) is 0 Å². The van der Waals surface area contributed by atoms with Crippen LogP contribution in [0.3, 0.4) is 0 Å². The molecule has 0 aliphatic heterocycles. The molecule has 1 nitrogen and oxygen atoms in total. The summed E-state index contributed by atoms with van der Waals surface area (Å²) in [7, 11) is 0. The number of hydrogen-bond acceptors (Lipinski definition) is 1. The molecule has 0 saturated carbocycles. The highest BCUT2D eigenvalue weighted by atomic mass is 35.5. The van der Waals surface area contributed by atoms with Gasteiger partial charge in [-0.15, -0.1) is 0 Å². The highest BCUT2D eigenvalue weighted by Crippen LogP contribution is 2.37. The van der Waals surface area contributed by atoms with E-state index in [1.54, 1.807) is 6.07 Å². The SMILES string of the molecule is Cc1ccc(-c2cc(Cl)c(O)cc2Cl)c(C)c1. The van der Waals surface area contributed by atoms with E-state index in [4.69, 9.17) is 23.2 Å². The summed E-state index contributed by atoms with van der Waals surface area (Å²) >= 11 is 12.0. The zero-order valence-electron chi connectivity index (χ0n) is 9.59. The molecule has 0 saturated heterocycles. The highest BCUT2D eigenvalue weighted by Gasteiger charge is 2.10. The number of phenols is 1. The monoisotopic (exact) mass is 266 g/mol. The number of benzene rings is 2. The van der Waals surface area contributed by atoms with Gasteiger partial charge < -0.3 is 5.11 Å². The van der Waals surface area contributed by atoms with Gasteiger partial charge in [0.25, 0.3) is 0 Å². The molecule has 0 atom stereocenters. The van der Waals surface area contributed by atoms with E-state index in [0.29, 0.717) is 10.0 Å². The Labute approximate surface area is 111 Å². The molecule has 0 heterocycles. The van der Waals surface area contributed by atoms with Gasteiger partial charge in [0.15, 0.2) is 0 Å². The fraction of sp³-hybridized carbons (Fsp3) is 0.143. The van der Waals surface area contributed by atoms with Crippen LogP contribution >= 0.6 is 23.2 Å². The van der Waals surface area contributed by atoms with Crippen LogP contribution in [0, 0.1) is 13.8 Å². The Hall–Kier alpha value is -1.18. The van der Waals surface area contributed by atoms with Crippen molar-refractivity contribution in [2.45, 2.75) is 13.8 Å². The summed E-state index contributed by atoms with van der Waals surface area (Å²) in [5, 5.41) is 10.3. The van der Waals surface area contributed by atoms with Crippen molar-refractivity contribution in [2.75, 3.05) is 0 Å². The second-order valence-corrected chi connectivity index (χ2v) is 4.92. The molecule has 0 aliphatic rings. The third kappa shape index (κ3) is 2.41. The lowest BCUT2D eigenvalue weighted by Crippen LogP contribution is -1.86. The Bertz CT molecular complexity index is 577. The lowest BCUT2D eigenvalue weighted by atomic mass is 9.98. The van der Waals surface area contributed by atoms with E-state index in [-0.39, 0.29) is 5.75 Å². The van der Waals surface area contributed by atoms with E-state index in [1.165, 1.54) is 11.6 Å². The van der Waals surface area contributed by atoms with E-state index >= 15 is 0 Å². The lowest BCUT2D eigenvalue weighted by molar-refractivity contribution is 0.475. The topological polar surface area (TPSA) is 20.2 Å². The van der Waals surface area contributed by atoms with Crippen LogP contribution in [0.15, 0.2) is 30.3 Å². The molecule has 17 heavy (non-hydrogen) atoms. The van der Waals surface area contributed by atoms with Crippen LogP contribution in [0.4, 0.5) is 0 Å². The molecule has 0 aliphatic carbocycles. The molecule has 88 valence electrons. The first-order valence-electron chi connectivity index (χ1n) is 5.24. The molecule has 3 heteroatoms. The van der Waals surface area contributed by atoms with Gasteiger partial charge >= 0.3 is 0 Å². The van der Waals surface area contributed by atoms with Crippen molar-refractivity contribution >= 4 is 23.2 Å². The summed E-state index contributed by atoms with van der Waals surface area (Å²) < 4.78 is 0. The minimum absolute atomic E-state index is 0.00480. The first-order valence-corrected chi connectivity index (χ1v) is 6.00. The van der Waals surface area contributed by atoms with E-state index < -0.39 is 0 Å². The third-order valence-electron chi connectivity index (χ3n) is 2.71. The van der Waals surface area contributed by atoms with Crippen molar-refractivity contribution < 1.29 is 5.11 Å². The van der Waals surface area contributed by atoms with Gasteiger partial charge in [-0.25, -0.2) is 0 Å². The van der Waals surface area contributed by atoms with Crippen LogP contribution in [0.1, 0.15) is 11.1 Å². The van der Waals surface area contributed by atoms with Gasteiger partial charge in [0.1, 0.15) is 5.75 Å². The highest BCUT2D eigenvalue weighted by molar-refractivity contribution is 6.36. The van der Waals surface area contributed by atoms with Gasteiger partial charge in [-0.05, 0) is 31.0 Å². The van der Waals surface area contributed by atoms with Crippen LogP contribution in [0.5, 0.6) is 5.75 Å². The first-order chi connectivity index (χ1) is 7.99. The number of phenolic OH excluding ortho intramolecular Hbond substituents is 1. The number of aromatic hydroxyl groups is 1. The summed E-state index contributed by atoms with van der Waals surface area (Å²) in [4.78, 5) is 0. The fourth-order valence-electron chi connectivity index (χ4n) is 1.86. The summed E-state index contributed by atoms with van der Waals surface area (Å²) in [5.41, 5.74) is 4.20. The molecule has 2 aromatic rings. The molecule has 0 radical (unpaired) electrons. The van der Waals surface area contributed by atoms with Crippen LogP contribution in [0.25, 0.3) is 11.1 Å². The minimum Gasteiger partial charge on any atom is -0.506 e. The van der Waals surface area contributed by atoms with Crippen molar-refractivity contribution in [2.24, 2.45) is 0 Å². The summed E-state index contributed by atoms with van der Waals surface area (Å²) in [6.07, 6.45) is 0. The number of rotatable bonds is 1. The average molecular weight is 267 g/mol. The lowest BCUT2D eigenvalue weighted by Gasteiger charge is -2.10. The zero-order chi connectivity index (χ0) is 12.6. The maximum atomic E-state index is 9.47. The molecule has 0 fully saturated rings. The van der Waals surface area contributed by atoms with Crippen molar-refractivity contribution in [3.63, 3.8) is 0 Å². The zero-order valence-corrected chi connectivity index (χ0v) is 11.1. The Morgan fingerprint density at radius 2 is 1.59 bits per heavy atom. The molecule has 0 amide bonds. The maximum Gasteiger partial charge on any atom is 0.135 e. The molecule has 0 bridgehead atoms. The second kappa shape index (κ2) is 4.59. The van der Waals surface area contributed by atoms with Crippen LogP contribution in [-0.2, 0) is 0 Å². The second-order valence-electron chi connectivity index (χ2n) is 4.10. The molecule has 2 rings (SSSR count). The number of aryl methyl sites for hydroxylation is 2. The fourth-order valence-corrected chi connectivity index (χ4v) is 2.28. The Morgan fingerprint density at radius 3 is 2.24 bits per heavy atom. The van der Waals surface area contributed by atoms with E-state index in [1.807, 2.05) is 26.0 Å². The predicted molar refractivity (Wildman–Crippen MR) is 73.0 cm³/mol. The average Bonchev–Trinajstić information content (AvgIpc) is 2.24.